The fourth-order valence-electron chi connectivity index (χ4n) is 2.55. The number of hydrogen-bond acceptors (Lipinski definition) is 1. The lowest BCUT2D eigenvalue weighted by atomic mass is 10.00. The molecule has 21 heavy (non-hydrogen) atoms. The van der Waals surface area contributed by atoms with Crippen LogP contribution < -0.4 is 4.74 Å². The van der Waals surface area contributed by atoms with Gasteiger partial charge in [-0.05, 0) is 37.5 Å². The second-order valence-corrected chi connectivity index (χ2v) is 5.63. The molecule has 2 heteroatoms. The SMILES string of the molecule is [C-]#[N+]C(C)c1cc(CCCCCCCC)ccc1OCC. The second-order valence-electron chi connectivity index (χ2n) is 5.63. The molecule has 0 radical (unpaired) electrons. The molecule has 0 bridgehead atoms. The first kappa shape index (κ1) is 17.6. The summed E-state index contributed by atoms with van der Waals surface area (Å²) >= 11 is 0. The summed E-state index contributed by atoms with van der Waals surface area (Å²) in [5.41, 5.74) is 2.37. The highest BCUT2D eigenvalue weighted by atomic mass is 16.5. The molecule has 2 nitrogen and oxygen atoms in total. The Bertz CT molecular complexity index is 447. The van der Waals surface area contributed by atoms with Gasteiger partial charge in [-0.3, -0.25) is 0 Å². The van der Waals surface area contributed by atoms with Crippen LogP contribution >= 0.6 is 0 Å². The van der Waals surface area contributed by atoms with E-state index in [9.17, 15) is 0 Å². The van der Waals surface area contributed by atoms with Gasteiger partial charge in [0.15, 0.2) is 0 Å². The topological polar surface area (TPSA) is 13.6 Å². The molecule has 0 N–H and O–H groups in total. The van der Waals surface area contributed by atoms with Crippen LogP contribution in [0.1, 0.15) is 76.5 Å². The van der Waals surface area contributed by atoms with E-state index in [2.05, 4.69) is 23.9 Å². The Morgan fingerprint density at radius 1 is 1.10 bits per heavy atom. The standard InChI is InChI=1S/C19H29NO/c1-5-7-8-9-10-11-12-17-13-14-19(21-6-2)18(15-17)16(3)20-4/h13-16H,5-12H2,1-3H3. The summed E-state index contributed by atoms with van der Waals surface area (Å²) in [5, 5.41) is 0. The smallest absolute Gasteiger partial charge is 0.249 e. The van der Waals surface area contributed by atoms with Gasteiger partial charge in [-0.2, -0.15) is 0 Å². The number of benzene rings is 1. The van der Waals surface area contributed by atoms with Crippen molar-refractivity contribution in [2.75, 3.05) is 6.61 Å². The van der Waals surface area contributed by atoms with E-state index >= 15 is 0 Å². The molecule has 116 valence electrons. The average molecular weight is 287 g/mol. The molecular formula is C19H29NO. The lowest BCUT2D eigenvalue weighted by Gasteiger charge is -2.11. The number of rotatable bonds is 10. The lowest BCUT2D eigenvalue weighted by Crippen LogP contribution is -1.99. The molecule has 0 aliphatic carbocycles. The highest BCUT2D eigenvalue weighted by molar-refractivity contribution is 5.40. The molecule has 0 saturated carbocycles. The van der Waals surface area contributed by atoms with Crippen LogP contribution in [-0.4, -0.2) is 6.61 Å². The molecule has 0 amide bonds. The fraction of sp³-hybridized carbons (Fsp3) is 0.632. The van der Waals surface area contributed by atoms with E-state index in [-0.39, 0.29) is 6.04 Å². The van der Waals surface area contributed by atoms with Gasteiger partial charge in [-0.25, -0.2) is 6.57 Å². The van der Waals surface area contributed by atoms with Crippen molar-refractivity contribution >= 4 is 0 Å². The number of ether oxygens (including phenoxy) is 1. The lowest BCUT2D eigenvalue weighted by molar-refractivity contribution is 0.335. The van der Waals surface area contributed by atoms with Crippen LogP contribution in [0.2, 0.25) is 0 Å². The van der Waals surface area contributed by atoms with Gasteiger partial charge >= 0.3 is 0 Å². The van der Waals surface area contributed by atoms with E-state index in [1.165, 1.54) is 44.1 Å². The minimum Gasteiger partial charge on any atom is -0.493 e. The molecule has 0 spiro atoms. The Morgan fingerprint density at radius 2 is 1.81 bits per heavy atom. The minimum absolute atomic E-state index is 0.129. The van der Waals surface area contributed by atoms with E-state index < -0.39 is 0 Å². The van der Waals surface area contributed by atoms with Crippen LogP contribution in [0.5, 0.6) is 5.75 Å². The number of aryl methyl sites for hydroxylation is 1. The largest absolute Gasteiger partial charge is 0.493 e. The predicted octanol–water partition coefficient (Wildman–Crippen LogP) is 5.97. The van der Waals surface area contributed by atoms with E-state index in [4.69, 9.17) is 11.3 Å². The van der Waals surface area contributed by atoms with Gasteiger partial charge in [0.2, 0.25) is 6.04 Å². The summed E-state index contributed by atoms with van der Waals surface area (Å²) in [6.45, 7) is 14.1. The zero-order chi connectivity index (χ0) is 15.5. The summed E-state index contributed by atoms with van der Waals surface area (Å²) in [6, 6.07) is 6.22. The van der Waals surface area contributed by atoms with Crippen molar-refractivity contribution in [1.82, 2.24) is 0 Å². The quantitative estimate of drug-likeness (QED) is 0.382. The number of unbranched alkanes of at least 4 members (excludes halogenated alkanes) is 5. The summed E-state index contributed by atoms with van der Waals surface area (Å²) in [6.07, 6.45) is 9.02. The highest BCUT2D eigenvalue weighted by Crippen LogP contribution is 2.29. The van der Waals surface area contributed by atoms with Crippen LogP contribution in [0, 0.1) is 6.57 Å². The van der Waals surface area contributed by atoms with Gasteiger partial charge in [0, 0.05) is 6.92 Å². The monoisotopic (exact) mass is 287 g/mol. The van der Waals surface area contributed by atoms with E-state index in [1.54, 1.807) is 0 Å². The molecule has 1 rings (SSSR count). The molecular weight excluding hydrogens is 258 g/mol. The minimum atomic E-state index is -0.129. The van der Waals surface area contributed by atoms with Gasteiger partial charge < -0.3 is 9.58 Å². The Labute approximate surface area is 130 Å². The van der Waals surface area contributed by atoms with Crippen LogP contribution in [0.4, 0.5) is 0 Å². The Kier molecular flexibility index (Phi) is 8.59. The van der Waals surface area contributed by atoms with Crippen molar-refractivity contribution in [3.63, 3.8) is 0 Å². The van der Waals surface area contributed by atoms with Gasteiger partial charge in [-0.15, -0.1) is 0 Å². The molecule has 0 fully saturated rings. The Balaban J connectivity index is 2.57. The third-order valence-electron chi connectivity index (χ3n) is 3.84. The fourth-order valence-corrected chi connectivity index (χ4v) is 2.55. The molecule has 1 aromatic rings. The zero-order valence-electron chi connectivity index (χ0n) is 13.8. The van der Waals surface area contributed by atoms with Crippen LogP contribution in [0.15, 0.2) is 18.2 Å². The van der Waals surface area contributed by atoms with E-state index in [1.807, 2.05) is 19.9 Å². The maximum Gasteiger partial charge on any atom is 0.249 e. The van der Waals surface area contributed by atoms with Gasteiger partial charge in [-0.1, -0.05) is 45.1 Å². The molecule has 1 aromatic carbocycles. The van der Waals surface area contributed by atoms with Crippen LogP contribution in [-0.2, 0) is 6.42 Å². The molecule has 1 atom stereocenters. The first-order valence-corrected chi connectivity index (χ1v) is 8.35. The summed E-state index contributed by atoms with van der Waals surface area (Å²) in [5.74, 6) is 0.868. The van der Waals surface area contributed by atoms with Crippen LogP contribution in [0.3, 0.4) is 0 Å². The van der Waals surface area contributed by atoms with Crippen molar-refractivity contribution < 1.29 is 4.74 Å². The average Bonchev–Trinajstić information content (AvgIpc) is 2.51. The highest BCUT2D eigenvalue weighted by Gasteiger charge is 2.15. The van der Waals surface area contributed by atoms with Gasteiger partial charge in [0.1, 0.15) is 5.75 Å². The molecule has 0 heterocycles. The van der Waals surface area contributed by atoms with Gasteiger partial charge in [0.25, 0.3) is 0 Å². The molecule has 0 saturated heterocycles. The van der Waals surface area contributed by atoms with Crippen molar-refractivity contribution in [2.24, 2.45) is 0 Å². The van der Waals surface area contributed by atoms with Crippen molar-refractivity contribution in [2.45, 2.75) is 71.8 Å². The molecule has 0 aromatic heterocycles. The summed E-state index contributed by atoms with van der Waals surface area (Å²) in [7, 11) is 0. The van der Waals surface area contributed by atoms with Gasteiger partial charge in [0.05, 0.1) is 12.2 Å². The van der Waals surface area contributed by atoms with E-state index in [0.717, 1.165) is 17.7 Å². The number of hydrogen-bond donors (Lipinski definition) is 0. The summed E-state index contributed by atoms with van der Waals surface area (Å²) in [4.78, 5) is 3.64. The van der Waals surface area contributed by atoms with Crippen molar-refractivity contribution in [1.29, 1.82) is 0 Å². The number of nitrogens with zero attached hydrogens (tertiary/aromatic N) is 1. The second kappa shape index (κ2) is 10.3. The van der Waals surface area contributed by atoms with Crippen LogP contribution in [0.25, 0.3) is 4.85 Å². The third-order valence-corrected chi connectivity index (χ3v) is 3.84. The molecule has 0 aliphatic heterocycles. The maximum atomic E-state index is 7.25. The molecule has 1 unspecified atom stereocenters. The first-order chi connectivity index (χ1) is 10.2. The Hall–Kier alpha value is -1.49. The van der Waals surface area contributed by atoms with Crippen molar-refractivity contribution in [3.05, 3.63) is 40.7 Å². The third kappa shape index (κ3) is 6.21. The normalized spacial score (nSPS) is 11.9. The predicted molar refractivity (Wildman–Crippen MR) is 89.7 cm³/mol. The Morgan fingerprint density at radius 3 is 2.48 bits per heavy atom. The molecule has 0 aliphatic rings. The zero-order valence-corrected chi connectivity index (χ0v) is 13.8. The van der Waals surface area contributed by atoms with Crippen molar-refractivity contribution in [3.8, 4) is 5.75 Å². The summed E-state index contributed by atoms with van der Waals surface area (Å²) < 4.78 is 5.64. The van der Waals surface area contributed by atoms with E-state index in [0.29, 0.717) is 6.61 Å². The maximum absolute atomic E-state index is 7.25. The first-order valence-electron chi connectivity index (χ1n) is 8.35.